The molecule has 2 aromatic carbocycles. The second kappa shape index (κ2) is 13.1. The number of methoxy groups -OCH3 is 1. The Morgan fingerprint density at radius 2 is 1.92 bits per heavy atom. The third-order valence-electron chi connectivity index (χ3n) is 7.78. The van der Waals surface area contributed by atoms with Crippen molar-refractivity contribution in [1.82, 2.24) is 4.98 Å². The first-order valence-corrected chi connectivity index (χ1v) is 14.7. The van der Waals surface area contributed by atoms with Crippen LogP contribution < -0.4 is 9.47 Å². The number of hydrogen-bond acceptors (Lipinski definition) is 4. The number of ether oxygens (including phenoxy) is 2. The van der Waals surface area contributed by atoms with Gasteiger partial charge < -0.3 is 19.6 Å². The molecule has 5 heteroatoms. The van der Waals surface area contributed by atoms with E-state index in [1.54, 1.807) is 30.3 Å². The molecule has 0 spiro atoms. The zero-order chi connectivity index (χ0) is 27.0. The number of hydrogen-bond donors (Lipinski definition) is 2. The average molecular weight is 522 g/mol. The Hall–Kier alpha value is -2.79. The summed E-state index contributed by atoms with van der Waals surface area (Å²) in [4.78, 5) is 3.17. The van der Waals surface area contributed by atoms with Gasteiger partial charge in [-0.1, -0.05) is 52.8 Å². The van der Waals surface area contributed by atoms with Gasteiger partial charge in [-0.25, -0.2) is 0 Å². The van der Waals surface area contributed by atoms with Crippen LogP contribution in [0.2, 0.25) is 0 Å². The minimum Gasteiger partial charge on any atom is -0.507 e. The molecule has 1 aliphatic heterocycles. The second-order valence-electron chi connectivity index (χ2n) is 9.79. The predicted octanol–water partition coefficient (Wildman–Crippen LogP) is 9.09. The molecule has 37 heavy (non-hydrogen) atoms. The molecular weight excluding hydrogens is 478 g/mol. The first-order chi connectivity index (χ1) is 17.9. The predicted molar refractivity (Wildman–Crippen MR) is 161 cm³/mol. The maximum absolute atomic E-state index is 10.3. The molecule has 1 saturated carbocycles. The number of phenolic OH excluding ortho intramolecular Hbond substituents is 1. The molecule has 1 aromatic heterocycles. The number of phenols is 1. The van der Waals surface area contributed by atoms with Crippen LogP contribution in [0.25, 0.3) is 23.1 Å². The van der Waals surface area contributed by atoms with E-state index in [2.05, 4.69) is 37.6 Å². The summed E-state index contributed by atoms with van der Waals surface area (Å²) >= 11 is 1.62. The number of H-pyrrole nitrogens is 1. The van der Waals surface area contributed by atoms with Gasteiger partial charge in [-0.15, -0.1) is 11.8 Å². The lowest BCUT2D eigenvalue weighted by molar-refractivity contribution is -0.0190. The Bertz CT molecular complexity index is 1210. The molecule has 5 rings (SSSR count). The topological polar surface area (TPSA) is 54.5 Å². The minimum absolute atomic E-state index is 0.289. The zero-order valence-electron chi connectivity index (χ0n) is 23.3. The molecule has 0 saturated heterocycles. The number of benzene rings is 2. The van der Waals surface area contributed by atoms with Gasteiger partial charge in [-0.3, -0.25) is 0 Å². The van der Waals surface area contributed by atoms with E-state index in [0.717, 1.165) is 46.4 Å². The van der Waals surface area contributed by atoms with Crippen molar-refractivity contribution in [1.29, 1.82) is 0 Å². The Kier molecular flexibility index (Phi) is 10.2. The number of nitrogens with one attached hydrogen (secondary N) is 1. The van der Waals surface area contributed by atoms with Gasteiger partial charge in [-0.2, -0.15) is 0 Å². The van der Waals surface area contributed by atoms with Crippen LogP contribution in [0.15, 0.2) is 48.5 Å². The smallest absolute Gasteiger partial charge is 0.164 e. The first kappa shape index (κ1) is 28.8. The Morgan fingerprint density at radius 1 is 1.22 bits per heavy atom. The molecule has 0 amide bonds. The lowest BCUT2D eigenvalue weighted by Gasteiger charge is -2.48. The van der Waals surface area contributed by atoms with E-state index in [0.29, 0.717) is 11.3 Å². The van der Waals surface area contributed by atoms with Crippen molar-refractivity contribution < 1.29 is 14.6 Å². The molecule has 2 unspecified atom stereocenters. The summed E-state index contributed by atoms with van der Waals surface area (Å²) in [6, 6.07) is 10.0. The highest BCUT2D eigenvalue weighted by Crippen LogP contribution is 2.51. The van der Waals surface area contributed by atoms with E-state index in [9.17, 15) is 5.11 Å². The normalized spacial score (nSPS) is 22.0. The highest BCUT2D eigenvalue weighted by atomic mass is 32.2. The Balaban J connectivity index is 0.000000580. The standard InChI is InChI=1S/C27H31NO3.C3H6S.C2H6/c1-4-27(2)10-5-6-24-21(27)16-19-12-17(15-25(30-3)26(19)31-24)7-8-18-13-22-20(9-11-28-22)23(29)14-18;1-3-4-2;1-2/h7-9,11-15,21,24,28-29H,4-6,10,16H2,1-3H3;3H,1H2,2H3;1-2H3/b8-7+;;/t21-,24?,27?;;/m0../s1. The SMILES string of the molecule is C=CSC.CC.CCC1(C)CCCC2Oc3c(cc(/C=C/c4cc(O)c5cc[nH]c5c4)cc3OC)C[C@@H]21. The summed E-state index contributed by atoms with van der Waals surface area (Å²) in [6.45, 7) is 12.2. The van der Waals surface area contributed by atoms with E-state index < -0.39 is 0 Å². The van der Waals surface area contributed by atoms with Crippen LogP contribution in [0, 0.1) is 11.3 Å². The zero-order valence-corrected chi connectivity index (χ0v) is 24.1. The molecular formula is C32H43NO3S. The van der Waals surface area contributed by atoms with E-state index >= 15 is 0 Å². The monoisotopic (exact) mass is 521 g/mol. The minimum atomic E-state index is 0.289. The quantitative estimate of drug-likeness (QED) is 0.329. The van der Waals surface area contributed by atoms with Gasteiger partial charge in [0.1, 0.15) is 11.9 Å². The van der Waals surface area contributed by atoms with Crippen molar-refractivity contribution in [2.24, 2.45) is 11.3 Å². The number of fused-ring (bicyclic) bond motifs is 3. The summed E-state index contributed by atoms with van der Waals surface area (Å²) in [5, 5.41) is 12.9. The fourth-order valence-electron chi connectivity index (χ4n) is 5.56. The second-order valence-corrected chi connectivity index (χ2v) is 10.6. The Morgan fingerprint density at radius 3 is 2.57 bits per heavy atom. The molecule has 3 atom stereocenters. The summed E-state index contributed by atoms with van der Waals surface area (Å²) in [7, 11) is 1.72. The highest BCUT2D eigenvalue weighted by molar-refractivity contribution is 8.01. The summed E-state index contributed by atoms with van der Waals surface area (Å²) < 4.78 is 12.3. The maximum atomic E-state index is 10.3. The fourth-order valence-corrected chi connectivity index (χ4v) is 5.56. The number of aromatic hydroxyl groups is 1. The maximum Gasteiger partial charge on any atom is 0.164 e. The van der Waals surface area contributed by atoms with Crippen LogP contribution in [0.5, 0.6) is 17.2 Å². The highest BCUT2D eigenvalue weighted by Gasteiger charge is 2.45. The number of rotatable bonds is 5. The number of aromatic amines is 1. The average Bonchev–Trinajstić information content (AvgIpc) is 3.41. The molecule has 2 N–H and O–H groups in total. The lowest BCUT2D eigenvalue weighted by atomic mass is 9.62. The molecule has 2 aliphatic rings. The lowest BCUT2D eigenvalue weighted by Crippen LogP contribution is -2.46. The summed E-state index contributed by atoms with van der Waals surface area (Å²) in [5.41, 5.74) is 4.54. The van der Waals surface area contributed by atoms with Crippen molar-refractivity contribution >= 4 is 34.8 Å². The van der Waals surface area contributed by atoms with Crippen molar-refractivity contribution in [3.05, 3.63) is 65.2 Å². The number of aromatic nitrogens is 1. The van der Waals surface area contributed by atoms with E-state index in [4.69, 9.17) is 9.47 Å². The van der Waals surface area contributed by atoms with Crippen LogP contribution in [0.1, 0.15) is 70.1 Å². The van der Waals surface area contributed by atoms with Gasteiger partial charge >= 0.3 is 0 Å². The van der Waals surface area contributed by atoms with Crippen LogP contribution in [0.3, 0.4) is 0 Å². The van der Waals surface area contributed by atoms with Crippen molar-refractivity contribution in [3.8, 4) is 17.2 Å². The third kappa shape index (κ3) is 6.38. The van der Waals surface area contributed by atoms with Crippen molar-refractivity contribution in [2.45, 2.75) is 65.9 Å². The van der Waals surface area contributed by atoms with Crippen molar-refractivity contribution in [3.63, 3.8) is 0 Å². The van der Waals surface area contributed by atoms with Gasteiger partial charge in [0.25, 0.3) is 0 Å². The largest absolute Gasteiger partial charge is 0.507 e. The molecule has 2 heterocycles. The van der Waals surface area contributed by atoms with Crippen LogP contribution in [0.4, 0.5) is 0 Å². The van der Waals surface area contributed by atoms with Crippen LogP contribution in [-0.2, 0) is 6.42 Å². The molecule has 1 fully saturated rings. The van der Waals surface area contributed by atoms with Gasteiger partial charge in [0.2, 0.25) is 0 Å². The molecule has 200 valence electrons. The molecule has 0 radical (unpaired) electrons. The summed E-state index contributed by atoms with van der Waals surface area (Å²) in [5.74, 6) is 2.57. The molecule has 0 bridgehead atoms. The third-order valence-corrected chi connectivity index (χ3v) is 8.11. The first-order valence-electron chi connectivity index (χ1n) is 13.4. The van der Waals surface area contributed by atoms with Gasteiger partial charge in [-0.05, 0) is 89.8 Å². The van der Waals surface area contributed by atoms with Crippen LogP contribution >= 0.6 is 11.8 Å². The van der Waals surface area contributed by atoms with E-state index in [1.165, 1.54) is 24.8 Å². The van der Waals surface area contributed by atoms with Gasteiger partial charge in [0, 0.05) is 23.0 Å². The van der Waals surface area contributed by atoms with Gasteiger partial charge in [0.05, 0.1) is 7.11 Å². The molecule has 3 aromatic rings. The summed E-state index contributed by atoms with van der Waals surface area (Å²) in [6.07, 6.45) is 14.1. The fraction of sp³-hybridized carbons (Fsp3) is 0.438. The van der Waals surface area contributed by atoms with E-state index in [1.807, 2.05) is 50.6 Å². The Labute approximate surface area is 227 Å². The van der Waals surface area contributed by atoms with E-state index in [-0.39, 0.29) is 11.9 Å². The van der Waals surface area contributed by atoms with Gasteiger partial charge in [0.15, 0.2) is 11.5 Å². The molecule has 1 aliphatic carbocycles. The van der Waals surface area contributed by atoms with Crippen molar-refractivity contribution in [2.75, 3.05) is 13.4 Å². The van der Waals surface area contributed by atoms with Crippen LogP contribution in [-0.4, -0.2) is 29.6 Å². The number of thioether (sulfide) groups is 1. The molecule has 4 nitrogen and oxygen atoms in total.